The topological polar surface area (TPSA) is 65.7 Å². The molecule has 0 bridgehead atoms. The van der Waals surface area contributed by atoms with Crippen LogP contribution >= 0.6 is 11.6 Å². The Morgan fingerprint density at radius 1 is 1.14 bits per heavy atom. The zero-order valence-corrected chi connectivity index (χ0v) is 12.0. The Kier molecular flexibility index (Phi) is 3.79. The first-order chi connectivity index (χ1) is 10.2. The molecule has 0 unspecified atom stereocenters. The summed E-state index contributed by atoms with van der Waals surface area (Å²) in [7, 11) is 0. The summed E-state index contributed by atoms with van der Waals surface area (Å²) in [5.74, 6) is 0. The molecule has 0 atom stereocenters. The number of nitrogens with zero attached hydrogens (tertiary/aromatic N) is 5. The molecule has 21 heavy (non-hydrogen) atoms. The average Bonchev–Trinajstić information content (AvgIpc) is 2.96. The summed E-state index contributed by atoms with van der Waals surface area (Å²) in [6.45, 7) is 2.18. The molecule has 0 saturated heterocycles. The van der Waals surface area contributed by atoms with Crippen molar-refractivity contribution in [3.63, 3.8) is 0 Å². The van der Waals surface area contributed by atoms with E-state index < -0.39 is 0 Å². The minimum absolute atomic E-state index is 0.261. The lowest BCUT2D eigenvalue weighted by atomic mass is 10.3. The Labute approximate surface area is 126 Å². The third kappa shape index (κ3) is 3.35. The molecule has 0 radical (unpaired) electrons. The van der Waals surface area contributed by atoms with Crippen LogP contribution in [0, 0.1) is 6.92 Å². The van der Waals surface area contributed by atoms with E-state index in [9.17, 15) is 0 Å². The van der Waals surface area contributed by atoms with Gasteiger partial charge >= 0.3 is 6.01 Å². The number of aromatic nitrogens is 5. The van der Waals surface area contributed by atoms with Gasteiger partial charge in [-0.05, 0) is 36.8 Å². The lowest BCUT2D eigenvalue weighted by Gasteiger charge is -2.01. The number of hydrogen-bond acceptors (Lipinski definition) is 5. The van der Waals surface area contributed by atoms with Crippen molar-refractivity contribution < 1.29 is 4.74 Å². The van der Waals surface area contributed by atoms with E-state index in [0.29, 0.717) is 16.7 Å². The van der Waals surface area contributed by atoms with Gasteiger partial charge in [-0.15, -0.1) is 5.10 Å². The van der Waals surface area contributed by atoms with Gasteiger partial charge in [0.05, 0.1) is 11.9 Å². The molecule has 0 fully saturated rings. The average molecular weight is 302 g/mol. The highest BCUT2D eigenvalue weighted by molar-refractivity contribution is 6.30. The Hall–Kier alpha value is -2.47. The lowest BCUT2D eigenvalue weighted by Crippen LogP contribution is -1.99. The number of benzene rings is 1. The molecular weight excluding hydrogens is 290 g/mol. The van der Waals surface area contributed by atoms with Crippen LogP contribution in [0.3, 0.4) is 0 Å². The SMILES string of the molecule is Cc1cnc(OCc2cn(-c3ccc(Cl)cc3)nn2)nc1. The van der Waals surface area contributed by atoms with Gasteiger partial charge in [0.2, 0.25) is 0 Å². The molecule has 0 amide bonds. The van der Waals surface area contributed by atoms with Crippen molar-refractivity contribution in [2.45, 2.75) is 13.5 Å². The molecule has 0 N–H and O–H groups in total. The first-order valence-electron chi connectivity index (χ1n) is 6.29. The molecule has 0 aliphatic rings. The second kappa shape index (κ2) is 5.88. The van der Waals surface area contributed by atoms with Crippen LogP contribution < -0.4 is 4.74 Å². The fourth-order valence-corrected chi connectivity index (χ4v) is 1.80. The normalized spacial score (nSPS) is 10.6. The van der Waals surface area contributed by atoms with Crippen molar-refractivity contribution in [3.8, 4) is 11.7 Å². The Morgan fingerprint density at radius 3 is 2.57 bits per heavy atom. The van der Waals surface area contributed by atoms with Crippen LogP contribution in [0.1, 0.15) is 11.3 Å². The summed E-state index contributed by atoms with van der Waals surface area (Å²) in [5, 5.41) is 8.77. The fourth-order valence-electron chi connectivity index (χ4n) is 1.68. The van der Waals surface area contributed by atoms with Gasteiger partial charge in [-0.2, -0.15) is 0 Å². The number of halogens is 1. The quantitative estimate of drug-likeness (QED) is 0.741. The molecule has 0 saturated carbocycles. The van der Waals surface area contributed by atoms with Gasteiger partial charge in [0, 0.05) is 17.4 Å². The van der Waals surface area contributed by atoms with E-state index in [-0.39, 0.29) is 6.61 Å². The van der Waals surface area contributed by atoms with Crippen molar-refractivity contribution in [2.24, 2.45) is 0 Å². The lowest BCUT2D eigenvalue weighted by molar-refractivity contribution is 0.276. The Bertz CT molecular complexity index is 724. The highest BCUT2D eigenvalue weighted by Crippen LogP contribution is 2.13. The maximum Gasteiger partial charge on any atom is 0.316 e. The summed E-state index contributed by atoms with van der Waals surface area (Å²) >= 11 is 5.85. The van der Waals surface area contributed by atoms with Crippen molar-refractivity contribution in [1.29, 1.82) is 0 Å². The largest absolute Gasteiger partial charge is 0.457 e. The Morgan fingerprint density at radius 2 is 1.86 bits per heavy atom. The van der Waals surface area contributed by atoms with Crippen molar-refractivity contribution >= 4 is 11.6 Å². The van der Waals surface area contributed by atoms with Gasteiger partial charge in [-0.25, -0.2) is 14.6 Å². The second-order valence-electron chi connectivity index (χ2n) is 4.46. The van der Waals surface area contributed by atoms with Crippen molar-refractivity contribution in [2.75, 3.05) is 0 Å². The van der Waals surface area contributed by atoms with Gasteiger partial charge < -0.3 is 4.74 Å². The summed E-state index contributed by atoms with van der Waals surface area (Å²) in [4.78, 5) is 8.13. The zero-order valence-electron chi connectivity index (χ0n) is 11.3. The first-order valence-corrected chi connectivity index (χ1v) is 6.67. The summed E-state index contributed by atoms with van der Waals surface area (Å²) < 4.78 is 7.11. The van der Waals surface area contributed by atoms with Crippen LogP contribution in [-0.4, -0.2) is 25.0 Å². The number of ether oxygens (including phenoxy) is 1. The van der Waals surface area contributed by atoms with E-state index in [4.69, 9.17) is 16.3 Å². The molecular formula is C14H12ClN5O. The van der Waals surface area contributed by atoms with Crippen LogP contribution in [0.5, 0.6) is 6.01 Å². The fraction of sp³-hybridized carbons (Fsp3) is 0.143. The third-order valence-electron chi connectivity index (χ3n) is 2.74. The predicted octanol–water partition coefficient (Wildman–Crippen LogP) is 2.60. The van der Waals surface area contributed by atoms with E-state index in [1.165, 1.54) is 0 Å². The molecule has 1 aromatic carbocycles. The molecule has 0 spiro atoms. The number of rotatable bonds is 4. The van der Waals surface area contributed by atoms with Crippen LogP contribution in [-0.2, 0) is 6.61 Å². The van der Waals surface area contributed by atoms with Crippen LogP contribution in [0.2, 0.25) is 5.02 Å². The van der Waals surface area contributed by atoms with Gasteiger partial charge in [0.1, 0.15) is 12.3 Å². The van der Waals surface area contributed by atoms with Crippen molar-refractivity contribution in [1.82, 2.24) is 25.0 Å². The monoisotopic (exact) mass is 301 g/mol. The number of aryl methyl sites for hydroxylation is 1. The minimum atomic E-state index is 0.261. The second-order valence-corrected chi connectivity index (χ2v) is 4.90. The van der Waals surface area contributed by atoms with E-state index >= 15 is 0 Å². The molecule has 0 aliphatic heterocycles. The maximum absolute atomic E-state index is 5.85. The molecule has 2 aromatic heterocycles. The zero-order chi connectivity index (χ0) is 14.7. The Balaban J connectivity index is 1.67. The predicted molar refractivity (Wildman–Crippen MR) is 77.5 cm³/mol. The standard InChI is InChI=1S/C14H12ClN5O/c1-10-6-16-14(17-7-10)21-9-12-8-20(19-18-12)13-4-2-11(15)3-5-13/h2-8H,9H2,1H3. The molecule has 2 heterocycles. The highest BCUT2D eigenvalue weighted by atomic mass is 35.5. The molecule has 3 aromatic rings. The third-order valence-corrected chi connectivity index (χ3v) is 2.99. The van der Waals surface area contributed by atoms with Gasteiger partial charge in [-0.3, -0.25) is 0 Å². The van der Waals surface area contributed by atoms with Crippen LogP contribution in [0.25, 0.3) is 5.69 Å². The van der Waals surface area contributed by atoms with Gasteiger partial charge in [0.15, 0.2) is 0 Å². The summed E-state index contributed by atoms with van der Waals surface area (Å²) in [6, 6.07) is 7.65. The van der Waals surface area contributed by atoms with Crippen molar-refractivity contribution in [3.05, 3.63) is 59.1 Å². The molecule has 6 nitrogen and oxygen atoms in total. The van der Waals surface area contributed by atoms with Crippen LogP contribution in [0.4, 0.5) is 0 Å². The van der Waals surface area contributed by atoms with E-state index in [0.717, 1.165) is 11.3 Å². The van der Waals surface area contributed by atoms with Crippen LogP contribution in [0.15, 0.2) is 42.9 Å². The molecule has 106 valence electrons. The summed E-state index contributed by atoms with van der Waals surface area (Å²) in [6.07, 6.45) is 5.19. The van der Waals surface area contributed by atoms with E-state index in [1.807, 2.05) is 19.1 Å². The highest BCUT2D eigenvalue weighted by Gasteiger charge is 2.05. The molecule has 3 rings (SSSR count). The smallest absolute Gasteiger partial charge is 0.316 e. The van der Waals surface area contributed by atoms with Gasteiger partial charge in [-0.1, -0.05) is 16.8 Å². The maximum atomic E-state index is 5.85. The van der Waals surface area contributed by atoms with E-state index in [2.05, 4.69) is 20.3 Å². The first kappa shape index (κ1) is 13.5. The van der Waals surface area contributed by atoms with E-state index in [1.54, 1.807) is 35.4 Å². The molecule has 0 aliphatic carbocycles. The van der Waals surface area contributed by atoms with Gasteiger partial charge in [0.25, 0.3) is 0 Å². The number of hydrogen-bond donors (Lipinski definition) is 0. The minimum Gasteiger partial charge on any atom is -0.457 e. The summed E-state index contributed by atoms with van der Waals surface area (Å²) in [5.41, 5.74) is 2.55. The molecule has 7 heteroatoms.